The van der Waals surface area contributed by atoms with E-state index < -0.39 is 22.0 Å². The molecule has 1 fully saturated rings. The van der Waals surface area contributed by atoms with E-state index in [4.69, 9.17) is 0 Å². The molecule has 0 spiro atoms. The molecule has 0 atom stereocenters. The van der Waals surface area contributed by atoms with Crippen LogP contribution in [0.1, 0.15) is 19.4 Å². The van der Waals surface area contributed by atoms with Crippen LogP contribution in [-0.2, 0) is 20.6 Å². The van der Waals surface area contributed by atoms with E-state index in [1.165, 1.54) is 4.31 Å². The maximum absolute atomic E-state index is 12.5. The minimum absolute atomic E-state index is 0.0235. The number of sulfonamides is 1. The maximum Gasteiger partial charge on any atom is 0.321 e. The summed E-state index contributed by atoms with van der Waals surface area (Å²) in [6, 6.07) is 8.57. The summed E-state index contributed by atoms with van der Waals surface area (Å²) in [5, 5.41) is 4.92. The average Bonchev–Trinajstić information content (AvgIpc) is 2.61. The fourth-order valence-corrected chi connectivity index (χ4v) is 4.27. The van der Waals surface area contributed by atoms with Gasteiger partial charge in [-0.1, -0.05) is 44.2 Å². The Morgan fingerprint density at radius 1 is 1.07 bits per heavy atom. The van der Waals surface area contributed by atoms with Gasteiger partial charge < -0.3 is 5.32 Å². The summed E-state index contributed by atoms with van der Waals surface area (Å²) in [5.41, 5.74) is 0.756. The van der Waals surface area contributed by atoms with E-state index in [1.54, 1.807) is 12.1 Å². The normalized spacial score (nSPS) is 16.3. The molecule has 1 aromatic rings. The number of amides is 3. The van der Waals surface area contributed by atoms with Crippen LogP contribution in [0.3, 0.4) is 0 Å². The first-order chi connectivity index (χ1) is 12.8. The molecule has 1 aliphatic heterocycles. The van der Waals surface area contributed by atoms with E-state index in [1.807, 2.05) is 36.9 Å². The summed E-state index contributed by atoms with van der Waals surface area (Å²) in [6.07, 6.45) is 0. The molecule has 2 N–H and O–H groups in total. The smallest absolute Gasteiger partial charge is 0.321 e. The number of imide groups is 1. The third-order valence-electron chi connectivity index (χ3n) is 4.21. The quantitative estimate of drug-likeness (QED) is 0.704. The van der Waals surface area contributed by atoms with E-state index in [9.17, 15) is 18.0 Å². The third-order valence-corrected chi connectivity index (χ3v) is 6.06. The molecule has 0 aliphatic carbocycles. The molecule has 9 heteroatoms. The van der Waals surface area contributed by atoms with Gasteiger partial charge in [-0.3, -0.25) is 15.0 Å². The molecule has 0 radical (unpaired) electrons. The van der Waals surface area contributed by atoms with E-state index in [0.717, 1.165) is 5.56 Å². The molecule has 0 aromatic heterocycles. The Kier molecular flexibility index (Phi) is 7.76. The molecule has 2 rings (SSSR count). The van der Waals surface area contributed by atoms with Crippen LogP contribution < -0.4 is 10.6 Å². The molecule has 0 saturated carbocycles. The highest BCUT2D eigenvalue weighted by Crippen LogP contribution is 2.13. The predicted octanol–water partition coefficient (Wildman–Crippen LogP) is 0.616. The van der Waals surface area contributed by atoms with Crippen LogP contribution in [0.4, 0.5) is 4.79 Å². The van der Waals surface area contributed by atoms with Crippen molar-refractivity contribution >= 4 is 22.0 Å². The highest BCUT2D eigenvalue weighted by molar-refractivity contribution is 7.88. The Hall–Kier alpha value is -1.97. The van der Waals surface area contributed by atoms with Crippen LogP contribution in [-0.4, -0.2) is 68.8 Å². The van der Waals surface area contributed by atoms with Gasteiger partial charge in [0, 0.05) is 32.7 Å². The van der Waals surface area contributed by atoms with Gasteiger partial charge in [-0.15, -0.1) is 0 Å². The fourth-order valence-electron chi connectivity index (χ4n) is 2.75. The first-order valence-corrected chi connectivity index (χ1v) is 10.7. The summed E-state index contributed by atoms with van der Waals surface area (Å²) in [4.78, 5) is 25.4. The number of carbonyl (C=O) groups is 2. The van der Waals surface area contributed by atoms with Crippen molar-refractivity contribution in [1.82, 2.24) is 19.8 Å². The zero-order chi connectivity index (χ0) is 19.9. The highest BCUT2D eigenvalue weighted by Gasteiger charge is 2.27. The minimum Gasteiger partial charge on any atom is -0.338 e. The molecule has 0 bridgehead atoms. The van der Waals surface area contributed by atoms with E-state index in [2.05, 4.69) is 10.6 Å². The predicted molar refractivity (Wildman–Crippen MR) is 103 cm³/mol. The molecule has 8 nitrogen and oxygen atoms in total. The number of nitrogens with one attached hydrogen (secondary N) is 2. The summed E-state index contributed by atoms with van der Waals surface area (Å²) in [5.74, 6) is -0.113. The van der Waals surface area contributed by atoms with Crippen LogP contribution >= 0.6 is 0 Å². The summed E-state index contributed by atoms with van der Waals surface area (Å²) in [7, 11) is -3.38. The number of carbonyl (C=O) groups excluding carboxylic acids is 2. The van der Waals surface area contributed by atoms with E-state index in [0.29, 0.717) is 38.6 Å². The van der Waals surface area contributed by atoms with Crippen molar-refractivity contribution in [3.63, 3.8) is 0 Å². The lowest BCUT2D eigenvalue weighted by molar-refractivity contribution is -0.121. The molecule has 1 saturated heterocycles. The Morgan fingerprint density at radius 2 is 1.70 bits per heavy atom. The van der Waals surface area contributed by atoms with Gasteiger partial charge in [-0.2, -0.15) is 4.31 Å². The number of piperazine rings is 1. The number of hydrogen-bond acceptors (Lipinski definition) is 5. The van der Waals surface area contributed by atoms with Gasteiger partial charge in [-0.05, 0) is 11.5 Å². The Morgan fingerprint density at radius 3 is 2.30 bits per heavy atom. The van der Waals surface area contributed by atoms with Crippen LogP contribution in [0.25, 0.3) is 0 Å². The van der Waals surface area contributed by atoms with Crippen molar-refractivity contribution in [1.29, 1.82) is 0 Å². The minimum atomic E-state index is -3.38. The van der Waals surface area contributed by atoms with Crippen LogP contribution in [0.5, 0.6) is 0 Å². The number of benzene rings is 1. The molecule has 3 amide bonds. The summed E-state index contributed by atoms with van der Waals surface area (Å²) in [6.45, 7) is 6.08. The lowest BCUT2D eigenvalue weighted by Crippen LogP contribution is -2.52. The standard InChI is InChI=1S/C18H28N4O4S/c1-15(2)12-19-18(24)20-17(23)13-21-8-10-22(11-9-21)27(25,26)14-16-6-4-3-5-7-16/h3-7,15H,8-14H2,1-2H3,(H2,19,20,23,24). The van der Waals surface area contributed by atoms with Crippen molar-refractivity contribution in [3.8, 4) is 0 Å². The SMILES string of the molecule is CC(C)CNC(=O)NC(=O)CN1CCN(S(=O)(=O)Cc2ccccc2)CC1. The molecular formula is C18H28N4O4S. The van der Waals surface area contributed by atoms with Crippen molar-refractivity contribution in [3.05, 3.63) is 35.9 Å². The fraction of sp³-hybridized carbons (Fsp3) is 0.556. The van der Waals surface area contributed by atoms with Gasteiger partial charge in [0.05, 0.1) is 12.3 Å². The van der Waals surface area contributed by atoms with Crippen molar-refractivity contribution in [2.75, 3.05) is 39.3 Å². The van der Waals surface area contributed by atoms with Crippen molar-refractivity contribution in [2.24, 2.45) is 5.92 Å². The maximum atomic E-state index is 12.5. The van der Waals surface area contributed by atoms with Gasteiger partial charge in [-0.25, -0.2) is 13.2 Å². The molecule has 1 heterocycles. The van der Waals surface area contributed by atoms with Gasteiger partial charge in [0.1, 0.15) is 0 Å². The Labute approximate surface area is 161 Å². The number of hydrogen-bond donors (Lipinski definition) is 2. The van der Waals surface area contributed by atoms with Crippen molar-refractivity contribution in [2.45, 2.75) is 19.6 Å². The number of nitrogens with zero attached hydrogens (tertiary/aromatic N) is 2. The zero-order valence-corrected chi connectivity index (χ0v) is 16.7. The van der Waals surface area contributed by atoms with Crippen LogP contribution in [0.15, 0.2) is 30.3 Å². The van der Waals surface area contributed by atoms with E-state index >= 15 is 0 Å². The lowest BCUT2D eigenvalue weighted by atomic mass is 10.2. The Balaban J connectivity index is 1.76. The monoisotopic (exact) mass is 396 g/mol. The second-order valence-electron chi connectivity index (χ2n) is 7.07. The number of rotatable bonds is 7. The first kappa shape index (κ1) is 21.3. The van der Waals surface area contributed by atoms with Crippen molar-refractivity contribution < 1.29 is 18.0 Å². The molecule has 27 heavy (non-hydrogen) atoms. The molecule has 1 aliphatic rings. The largest absolute Gasteiger partial charge is 0.338 e. The van der Waals surface area contributed by atoms with E-state index in [-0.39, 0.29) is 12.3 Å². The Bertz CT molecular complexity index is 729. The van der Waals surface area contributed by atoms with Crippen LogP contribution in [0, 0.1) is 5.92 Å². The van der Waals surface area contributed by atoms with Crippen LogP contribution in [0.2, 0.25) is 0 Å². The summed E-state index contributed by atoms with van der Waals surface area (Å²) < 4.78 is 26.5. The third kappa shape index (κ3) is 7.28. The number of urea groups is 1. The van der Waals surface area contributed by atoms with Gasteiger partial charge >= 0.3 is 6.03 Å². The molecule has 0 unspecified atom stereocenters. The zero-order valence-electron chi connectivity index (χ0n) is 15.8. The second-order valence-corrected chi connectivity index (χ2v) is 9.04. The second kappa shape index (κ2) is 9.82. The average molecular weight is 397 g/mol. The highest BCUT2D eigenvalue weighted by atomic mass is 32.2. The first-order valence-electron chi connectivity index (χ1n) is 9.08. The topological polar surface area (TPSA) is 98.8 Å². The van der Waals surface area contributed by atoms with Gasteiger partial charge in [0.25, 0.3) is 0 Å². The summed E-state index contributed by atoms with van der Waals surface area (Å²) >= 11 is 0. The lowest BCUT2D eigenvalue weighted by Gasteiger charge is -2.33. The molecular weight excluding hydrogens is 368 g/mol. The molecule has 1 aromatic carbocycles. The van der Waals surface area contributed by atoms with Gasteiger partial charge in [0.15, 0.2) is 0 Å². The molecule has 150 valence electrons. The van der Waals surface area contributed by atoms with Gasteiger partial charge in [0.2, 0.25) is 15.9 Å².